The number of allylic oxidation sites excluding steroid dienone is 1. The van der Waals surface area contributed by atoms with E-state index in [4.69, 9.17) is 4.74 Å². The lowest BCUT2D eigenvalue weighted by Crippen LogP contribution is -2.41. The smallest absolute Gasteiger partial charge is 0.245 e. The average Bonchev–Trinajstić information content (AvgIpc) is 2.93. The number of nitrogens with one attached hydrogen (secondary N) is 5. The monoisotopic (exact) mass is 784 g/mol. The second-order valence-corrected chi connectivity index (χ2v) is 23.0. The topological polar surface area (TPSA) is 155 Å². The molecule has 11 nitrogen and oxygen atoms in total. The first-order chi connectivity index (χ1) is 23.9. The lowest BCUT2D eigenvalue weighted by atomic mass is 9.93. The van der Waals surface area contributed by atoms with Gasteiger partial charge in [-0.25, -0.2) is 0 Å². The van der Waals surface area contributed by atoms with Crippen LogP contribution in [0, 0.1) is 43.3 Å². The van der Waals surface area contributed by atoms with Gasteiger partial charge in [-0.2, -0.15) is 0 Å². The van der Waals surface area contributed by atoms with E-state index in [1.807, 2.05) is 110 Å². The quantitative estimate of drug-likeness (QED) is 0.0947. The van der Waals surface area contributed by atoms with Crippen molar-refractivity contribution in [2.45, 2.75) is 166 Å². The molecule has 0 aromatic heterocycles. The Morgan fingerprint density at radius 1 is 0.418 bits per heavy atom. The van der Waals surface area contributed by atoms with Crippen LogP contribution in [0.2, 0.25) is 0 Å². The number of rotatable bonds is 8. The van der Waals surface area contributed by atoms with Crippen LogP contribution in [-0.4, -0.2) is 62.6 Å². The zero-order valence-corrected chi connectivity index (χ0v) is 40.1. The Bertz CT molecular complexity index is 1140. The second-order valence-electron chi connectivity index (χ2n) is 23.0. The predicted octanol–water partition coefficient (Wildman–Crippen LogP) is 8.38. The van der Waals surface area contributed by atoms with E-state index in [0.29, 0.717) is 13.3 Å². The number of carbonyl (C=O) groups is 5. The van der Waals surface area contributed by atoms with E-state index >= 15 is 0 Å². The van der Waals surface area contributed by atoms with Crippen LogP contribution in [-0.2, 0) is 28.7 Å². The Balaban J connectivity index is -0.000000319. The maximum atomic E-state index is 11.5. The van der Waals surface area contributed by atoms with Crippen LogP contribution < -0.4 is 26.6 Å². The molecule has 0 aromatic carbocycles. The highest BCUT2D eigenvalue weighted by atomic mass is 16.5. The zero-order valence-electron chi connectivity index (χ0n) is 40.1. The van der Waals surface area contributed by atoms with Crippen LogP contribution in [0.1, 0.15) is 166 Å². The van der Waals surface area contributed by atoms with E-state index in [1.165, 1.54) is 6.08 Å². The third-order valence-corrected chi connectivity index (χ3v) is 6.40. The highest BCUT2D eigenvalue weighted by molar-refractivity contribution is 5.88. The van der Waals surface area contributed by atoms with Gasteiger partial charge < -0.3 is 31.3 Å². The lowest BCUT2D eigenvalue weighted by molar-refractivity contribution is -0.131. The summed E-state index contributed by atoms with van der Waals surface area (Å²) < 4.78 is 5.33. The molecule has 0 unspecified atom stereocenters. The lowest BCUT2D eigenvalue weighted by Gasteiger charge is -2.23. The van der Waals surface area contributed by atoms with Gasteiger partial charge in [0, 0.05) is 34.7 Å². The number of hydrogen-bond donors (Lipinski definition) is 5. The summed E-state index contributed by atoms with van der Waals surface area (Å²) in [4.78, 5) is 57.1. The minimum atomic E-state index is -0.439. The van der Waals surface area contributed by atoms with Gasteiger partial charge in [0.05, 0.1) is 13.3 Å². The van der Waals surface area contributed by atoms with Gasteiger partial charge in [0.1, 0.15) is 6.73 Å². The first kappa shape index (κ1) is 58.8. The first-order valence-electron chi connectivity index (χ1n) is 19.6. The summed E-state index contributed by atoms with van der Waals surface area (Å²) in [5, 5.41) is 13.8. The van der Waals surface area contributed by atoms with Crippen LogP contribution in [0.15, 0.2) is 12.2 Å². The largest absolute Gasteiger partial charge is 0.361 e. The van der Waals surface area contributed by atoms with Crippen molar-refractivity contribution >= 4 is 29.5 Å². The van der Waals surface area contributed by atoms with Crippen molar-refractivity contribution in [3.63, 3.8) is 0 Å². The number of ether oxygens (including phenoxy) is 1. The van der Waals surface area contributed by atoms with Gasteiger partial charge >= 0.3 is 0 Å². The molecule has 0 saturated heterocycles. The molecule has 5 N–H and O–H groups in total. The van der Waals surface area contributed by atoms with Crippen molar-refractivity contribution in [3.05, 3.63) is 12.2 Å². The Morgan fingerprint density at radius 2 is 0.727 bits per heavy atom. The molecule has 0 spiro atoms. The second kappa shape index (κ2) is 24.0. The molecule has 0 atom stereocenters. The fourth-order valence-electron chi connectivity index (χ4n) is 2.82. The van der Waals surface area contributed by atoms with Gasteiger partial charge in [0.2, 0.25) is 29.5 Å². The summed E-state index contributed by atoms with van der Waals surface area (Å²) in [6.07, 6.45) is 3.32. The van der Waals surface area contributed by atoms with E-state index in [2.05, 4.69) is 88.9 Å². The summed E-state index contributed by atoms with van der Waals surface area (Å²) in [5.41, 5.74) is -0.867. The Hall–Kier alpha value is -2.95. The first-order valence-corrected chi connectivity index (χ1v) is 19.6. The van der Waals surface area contributed by atoms with Crippen LogP contribution in [0.25, 0.3) is 0 Å². The molecule has 0 bridgehead atoms. The van der Waals surface area contributed by atoms with Crippen molar-refractivity contribution in [3.8, 4) is 0 Å². The molecule has 0 fully saturated rings. The van der Waals surface area contributed by atoms with Gasteiger partial charge in [-0.15, -0.1) is 0 Å². The molecule has 0 saturated carbocycles. The summed E-state index contributed by atoms with van der Waals surface area (Å²) in [7, 11) is 0. The van der Waals surface area contributed by atoms with E-state index < -0.39 is 5.41 Å². The molecule has 5 amide bonds. The van der Waals surface area contributed by atoms with Crippen LogP contribution in [0.5, 0.6) is 0 Å². The predicted molar refractivity (Wildman–Crippen MR) is 231 cm³/mol. The minimum absolute atomic E-state index is 0.0198. The van der Waals surface area contributed by atoms with E-state index in [0.717, 1.165) is 13.1 Å². The molecule has 0 aliphatic carbocycles. The molecule has 0 aromatic rings. The molecule has 0 rings (SSSR count). The normalized spacial score (nSPS) is 12.7. The van der Waals surface area contributed by atoms with Crippen LogP contribution >= 0.6 is 0 Å². The van der Waals surface area contributed by atoms with Gasteiger partial charge in [0.25, 0.3) is 0 Å². The van der Waals surface area contributed by atoms with Crippen molar-refractivity contribution < 1.29 is 28.7 Å². The summed E-state index contributed by atoms with van der Waals surface area (Å²) >= 11 is 0. The van der Waals surface area contributed by atoms with Crippen molar-refractivity contribution in [1.82, 2.24) is 26.6 Å². The number of amides is 5. The molecule has 326 valence electrons. The molecular formula is C44H89N5O6. The number of hydrogen-bond acceptors (Lipinski definition) is 6. The van der Waals surface area contributed by atoms with Crippen LogP contribution in [0.4, 0.5) is 0 Å². The van der Waals surface area contributed by atoms with Gasteiger partial charge in [-0.05, 0) is 27.7 Å². The summed E-state index contributed by atoms with van der Waals surface area (Å²) in [6, 6.07) is 0. The van der Waals surface area contributed by atoms with Gasteiger partial charge in [-0.1, -0.05) is 172 Å². The highest BCUT2D eigenvalue weighted by Crippen LogP contribution is 2.18. The molecular weight excluding hydrogens is 695 g/mol. The fourth-order valence-corrected chi connectivity index (χ4v) is 2.82. The van der Waals surface area contributed by atoms with Crippen molar-refractivity contribution in [2.75, 3.05) is 33.1 Å². The third kappa shape index (κ3) is 43.6. The molecule has 0 aliphatic rings. The molecule has 0 aliphatic heterocycles. The molecule has 0 radical (unpaired) electrons. The number of carbonyl (C=O) groups excluding carboxylic acids is 5. The Kier molecular flexibility index (Phi) is 25.6. The molecule has 11 heteroatoms. The van der Waals surface area contributed by atoms with Crippen molar-refractivity contribution in [2.24, 2.45) is 43.3 Å². The van der Waals surface area contributed by atoms with Gasteiger partial charge in [-0.3, -0.25) is 24.0 Å². The van der Waals surface area contributed by atoms with E-state index in [-0.39, 0.29) is 74.1 Å². The fraction of sp³-hybridized carbons (Fsp3) is 0.841. The maximum Gasteiger partial charge on any atom is 0.245 e. The minimum Gasteiger partial charge on any atom is -0.361 e. The van der Waals surface area contributed by atoms with Gasteiger partial charge in [0.15, 0.2) is 0 Å². The average molecular weight is 784 g/mol. The summed E-state index contributed by atoms with van der Waals surface area (Å²) in [6.45, 7) is 50.2. The van der Waals surface area contributed by atoms with Crippen LogP contribution in [0.3, 0.4) is 0 Å². The van der Waals surface area contributed by atoms with Crippen molar-refractivity contribution in [1.29, 1.82) is 0 Å². The zero-order chi connectivity index (χ0) is 45.1. The standard InChI is InChI=1S/C13H24N2O2.C11H23NO2.2C10H21NO/c1-12(2,3)8-7-10(16)14-9-15-11(17)13(4,5)6;1-10(2,3)7-14-8-12-9(13)11(4,5)6;2*1-9(2,3)7-11-8(12)10(4,5)6/h7-8H,9H2,1-6H3,(H,14,16)(H,15,17);7-8H2,1-6H3,(H,12,13);2*7H2,1-6H3,(H,11,12)/b8-7+;;;. The molecule has 55 heavy (non-hydrogen) atoms. The third-order valence-electron chi connectivity index (χ3n) is 6.40. The molecule has 0 heterocycles. The summed E-state index contributed by atoms with van der Waals surface area (Å²) in [5.74, 6) is -0.0204. The highest BCUT2D eigenvalue weighted by Gasteiger charge is 2.24. The van der Waals surface area contributed by atoms with E-state index in [1.54, 1.807) is 0 Å². The SMILES string of the molecule is CC(C)(C)/C=C/C(=O)NCNC(=O)C(C)(C)C.CC(C)(C)CNC(=O)C(C)(C)C.CC(C)(C)CNC(=O)C(C)(C)C.CC(C)(C)COCNC(=O)C(C)(C)C. The Labute approximate surface area is 338 Å². The van der Waals surface area contributed by atoms with E-state index in [9.17, 15) is 24.0 Å². The Morgan fingerprint density at radius 3 is 1.00 bits per heavy atom. The maximum absolute atomic E-state index is 11.5.